The number of benzene rings is 1. The van der Waals surface area contributed by atoms with Crippen LogP contribution in [0.3, 0.4) is 0 Å². The Balaban J connectivity index is 0.00000225. The fourth-order valence-corrected chi connectivity index (χ4v) is 3.66. The van der Waals surface area contributed by atoms with Crippen LogP contribution >= 0.6 is 23.7 Å². The fourth-order valence-electron chi connectivity index (χ4n) is 2.94. The molecule has 2 aromatic rings. The van der Waals surface area contributed by atoms with Crippen molar-refractivity contribution in [3.63, 3.8) is 0 Å². The summed E-state index contributed by atoms with van der Waals surface area (Å²) in [7, 11) is 3.37. The van der Waals surface area contributed by atoms with Gasteiger partial charge in [-0.2, -0.15) is 0 Å². The van der Waals surface area contributed by atoms with Gasteiger partial charge in [0.2, 0.25) is 0 Å². The van der Waals surface area contributed by atoms with E-state index in [1.165, 1.54) is 10.4 Å². The van der Waals surface area contributed by atoms with Crippen LogP contribution in [-0.2, 0) is 13.1 Å². The fraction of sp³-hybridized carbons (Fsp3) is 0.471. The predicted molar refractivity (Wildman–Crippen MR) is 104 cm³/mol. The van der Waals surface area contributed by atoms with Gasteiger partial charge >= 0.3 is 0 Å². The molecule has 1 aliphatic heterocycles. The Labute approximate surface area is 159 Å². The van der Waals surface area contributed by atoms with Gasteiger partial charge in [-0.15, -0.1) is 23.7 Å². The molecule has 25 heavy (non-hydrogen) atoms. The van der Waals surface area contributed by atoms with E-state index in [1.54, 1.807) is 25.6 Å². The van der Waals surface area contributed by atoms with Gasteiger partial charge in [-0.05, 0) is 17.7 Å². The molecule has 8 heteroatoms. The van der Waals surface area contributed by atoms with Crippen LogP contribution in [0, 0.1) is 0 Å². The SMILES string of the molecule is COc1cc(CN2CCN(Cc3cnc(N)s3)CC2)cc(OC)c1.Cl. The van der Waals surface area contributed by atoms with Crippen LogP contribution in [0.1, 0.15) is 10.4 Å². The van der Waals surface area contributed by atoms with Crippen LogP contribution in [-0.4, -0.2) is 55.2 Å². The van der Waals surface area contributed by atoms with E-state index in [4.69, 9.17) is 15.2 Å². The molecule has 138 valence electrons. The van der Waals surface area contributed by atoms with E-state index in [2.05, 4.69) is 26.9 Å². The molecule has 0 atom stereocenters. The highest BCUT2D eigenvalue weighted by atomic mass is 35.5. The van der Waals surface area contributed by atoms with Gasteiger partial charge in [-0.3, -0.25) is 9.80 Å². The summed E-state index contributed by atoms with van der Waals surface area (Å²) in [6.07, 6.45) is 1.88. The summed E-state index contributed by atoms with van der Waals surface area (Å²) < 4.78 is 10.7. The van der Waals surface area contributed by atoms with Crippen molar-refractivity contribution in [1.29, 1.82) is 0 Å². The van der Waals surface area contributed by atoms with Crippen molar-refractivity contribution in [1.82, 2.24) is 14.8 Å². The maximum absolute atomic E-state index is 5.70. The van der Waals surface area contributed by atoms with E-state index in [1.807, 2.05) is 12.3 Å². The van der Waals surface area contributed by atoms with Gasteiger partial charge in [-0.1, -0.05) is 0 Å². The van der Waals surface area contributed by atoms with Crippen LogP contribution in [0.4, 0.5) is 5.13 Å². The topological polar surface area (TPSA) is 63.9 Å². The molecule has 1 aliphatic rings. The van der Waals surface area contributed by atoms with Gasteiger partial charge in [0.05, 0.1) is 14.2 Å². The summed E-state index contributed by atoms with van der Waals surface area (Å²) in [5.41, 5.74) is 6.92. The molecule has 3 rings (SSSR count). The van der Waals surface area contributed by atoms with E-state index < -0.39 is 0 Å². The third kappa shape index (κ3) is 5.47. The maximum atomic E-state index is 5.70. The average Bonchev–Trinajstić information content (AvgIpc) is 3.01. The molecule has 1 fully saturated rings. The molecule has 1 saturated heterocycles. The summed E-state index contributed by atoms with van der Waals surface area (Å²) >= 11 is 1.58. The van der Waals surface area contributed by atoms with Crippen LogP contribution in [0.5, 0.6) is 11.5 Å². The molecular weight excluding hydrogens is 360 g/mol. The lowest BCUT2D eigenvalue weighted by molar-refractivity contribution is 0.122. The van der Waals surface area contributed by atoms with E-state index in [9.17, 15) is 0 Å². The highest BCUT2D eigenvalue weighted by Gasteiger charge is 2.18. The highest BCUT2D eigenvalue weighted by molar-refractivity contribution is 7.15. The lowest BCUT2D eigenvalue weighted by Crippen LogP contribution is -2.45. The predicted octanol–water partition coefficient (Wildman–Crippen LogP) is 2.48. The highest BCUT2D eigenvalue weighted by Crippen LogP contribution is 2.24. The first-order valence-corrected chi connectivity index (χ1v) is 8.85. The molecule has 0 spiro atoms. The van der Waals surface area contributed by atoms with Crippen LogP contribution in [0.2, 0.25) is 0 Å². The normalized spacial score (nSPS) is 15.6. The lowest BCUT2D eigenvalue weighted by Gasteiger charge is -2.34. The third-order valence-electron chi connectivity index (χ3n) is 4.23. The number of thiazole rings is 1. The standard InChI is InChI=1S/C17H24N4O2S.ClH/c1-22-14-7-13(8-15(9-14)23-2)11-20-3-5-21(6-4-20)12-16-10-19-17(18)24-16;/h7-10H,3-6,11-12H2,1-2H3,(H2,18,19);1H. The number of ether oxygens (including phenoxy) is 2. The first-order valence-electron chi connectivity index (χ1n) is 8.03. The van der Waals surface area contributed by atoms with Crippen molar-refractivity contribution in [3.8, 4) is 11.5 Å². The van der Waals surface area contributed by atoms with Crippen LogP contribution < -0.4 is 15.2 Å². The van der Waals surface area contributed by atoms with Gasteiger partial charge in [-0.25, -0.2) is 4.98 Å². The molecular formula is C17H25ClN4O2S. The van der Waals surface area contributed by atoms with Crippen molar-refractivity contribution in [2.75, 3.05) is 46.1 Å². The molecule has 0 aliphatic carbocycles. The summed E-state index contributed by atoms with van der Waals surface area (Å²) in [5, 5.41) is 0.649. The third-order valence-corrected chi connectivity index (χ3v) is 5.04. The minimum Gasteiger partial charge on any atom is -0.497 e. The quantitative estimate of drug-likeness (QED) is 0.825. The maximum Gasteiger partial charge on any atom is 0.180 e. The second kappa shape index (κ2) is 9.24. The van der Waals surface area contributed by atoms with Gasteiger partial charge in [0.15, 0.2) is 5.13 Å². The van der Waals surface area contributed by atoms with Crippen LogP contribution in [0.25, 0.3) is 0 Å². The molecule has 2 N–H and O–H groups in total. The number of hydrogen-bond donors (Lipinski definition) is 1. The molecule has 0 amide bonds. The van der Waals surface area contributed by atoms with Gasteiger partial charge in [0.25, 0.3) is 0 Å². The minimum atomic E-state index is 0. The summed E-state index contributed by atoms with van der Waals surface area (Å²) in [6.45, 7) is 6.06. The molecule has 0 bridgehead atoms. The Bertz CT molecular complexity index is 652. The number of methoxy groups -OCH3 is 2. The molecule has 6 nitrogen and oxygen atoms in total. The van der Waals surface area contributed by atoms with Gasteiger partial charge in [0, 0.05) is 56.4 Å². The largest absolute Gasteiger partial charge is 0.497 e. The van der Waals surface area contributed by atoms with Crippen molar-refractivity contribution < 1.29 is 9.47 Å². The second-order valence-corrected chi connectivity index (χ2v) is 7.08. The zero-order chi connectivity index (χ0) is 16.9. The Morgan fingerprint density at radius 1 is 1.00 bits per heavy atom. The monoisotopic (exact) mass is 384 g/mol. The van der Waals surface area contributed by atoms with Crippen molar-refractivity contribution >= 4 is 28.9 Å². The van der Waals surface area contributed by atoms with E-state index in [0.717, 1.165) is 50.8 Å². The van der Waals surface area contributed by atoms with Crippen molar-refractivity contribution in [2.45, 2.75) is 13.1 Å². The molecule has 0 radical (unpaired) electrons. The summed E-state index contributed by atoms with van der Waals surface area (Å²) in [5.74, 6) is 1.68. The average molecular weight is 385 g/mol. The lowest BCUT2D eigenvalue weighted by atomic mass is 10.1. The summed E-state index contributed by atoms with van der Waals surface area (Å²) in [6, 6.07) is 6.06. The van der Waals surface area contributed by atoms with Crippen molar-refractivity contribution in [3.05, 3.63) is 34.8 Å². The van der Waals surface area contributed by atoms with Gasteiger partial charge in [0.1, 0.15) is 11.5 Å². The summed E-state index contributed by atoms with van der Waals surface area (Å²) in [4.78, 5) is 10.3. The Morgan fingerprint density at radius 2 is 1.56 bits per heavy atom. The molecule has 2 heterocycles. The zero-order valence-electron chi connectivity index (χ0n) is 14.6. The molecule has 1 aromatic carbocycles. The second-order valence-electron chi connectivity index (χ2n) is 5.94. The Morgan fingerprint density at radius 3 is 2.04 bits per heavy atom. The smallest absolute Gasteiger partial charge is 0.180 e. The minimum absolute atomic E-state index is 0. The zero-order valence-corrected chi connectivity index (χ0v) is 16.2. The van der Waals surface area contributed by atoms with E-state index in [-0.39, 0.29) is 12.4 Å². The van der Waals surface area contributed by atoms with E-state index >= 15 is 0 Å². The number of piperazine rings is 1. The Hall–Kier alpha value is -1.54. The molecule has 1 aromatic heterocycles. The molecule has 0 unspecified atom stereocenters. The number of hydrogen-bond acceptors (Lipinski definition) is 7. The molecule has 0 saturated carbocycles. The first-order chi connectivity index (χ1) is 11.7. The number of aromatic nitrogens is 1. The Kier molecular flexibility index (Phi) is 7.31. The number of rotatable bonds is 6. The number of nitrogen functional groups attached to an aromatic ring is 1. The number of anilines is 1. The van der Waals surface area contributed by atoms with E-state index in [0.29, 0.717) is 5.13 Å². The van der Waals surface area contributed by atoms with Crippen LogP contribution in [0.15, 0.2) is 24.4 Å². The first kappa shape index (κ1) is 19.8. The number of nitrogens with two attached hydrogens (primary N) is 1. The number of halogens is 1. The van der Waals surface area contributed by atoms with Gasteiger partial charge < -0.3 is 15.2 Å². The number of nitrogens with zero attached hydrogens (tertiary/aromatic N) is 3. The van der Waals surface area contributed by atoms with Crippen molar-refractivity contribution in [2.24, 2.45) is 0 Å².